The van der Waals surface area contributed by atoms with Gasteiger partial charge in [-0.2, -0.15) is 0 Å². The number of nitrogens with one attached hydrogen (secondary N) is 1. The second-order valence-electron chi connectivity index (χ2n) is 7.13. The molecule has 1 fully saturated rings. The Bertz CT molecular complexity index is 532. The Morgan fingerprint density at radius 3 is 2.70 bits per heavy atom. The SMILES string of the molecule is COC1(c2nc(=S)cc(C(C)(C)C)[nH]2)CCCC(C)C1. The number of hydrogen-bond donors (Lipinski definition) is 1. The summed E-state index contributed by atoms with van der Waals surface area (Å²) in [5.41, 5.74) is 0.856. The fraction of sp³-hybridized carbons (Fsp3) is 0.750. The normalized spacial score (nSPS) is 27.6. The molecule has 0 spiro atoms. The molecule has 2 rings (SSSR count). The van der Waals surface area contributed by atoms with Crippen LogP contribution in [0.2, 0.25) is 0 Å². The maximum absolute atomic E-state index is 5.92. The molecular weight excluding hydrogens is 268 g/mol. The molecule has 2 unspecified atom stereocenters. The minimum atomic E-state index is -0.299. The van der Waals surface area contributed by atoms with Gasteiger partial charge in [0.15, 0.2) is 0 Å². The summed E-state index contributed by atoms with van der Waals surface area (Å²) < 4.78 is 6.57. The van der Waals surface area contributed by atoms with E-state index in [1.807, 2.05) is 6.07 Å². The number of aromatic amines is 1. The summed E-state index contributed by atoms with van der Waals surface area (Å²) in [6, 6.07) is 1.97. The monoisotopic (exact) mass is 294 g/mol. The van der Waals surface area contributed by atoms with E-state index in [1.165, 1.54) is 12.8 Å². The predicted octanol–water partition coefficient (Wildman–Crippen LogP) is 4.49. The molecule has 112 valence electrons. The molecule has 1 aromatic rings. The van der Waals surface area contributed by atoms with Gasteiger partial charge in [0.2, 0.25) is 0 Å². The number of nitrogens with zero attached hydrogens (tertiary/aromatic N) is 1. The molecule has 1 heterocycles. The average Bonchev–Trinajstić information content (AvgIpc) is 2.36. The van der Waals surface area contributed by atoms with E-state index in [9.17, 15) is 0 Å². The highest BCUT2D eigenvalue weighted by atomic mass is 32.1. The predicted molar refractivity (Wildman–Crippen MR) is 84.4 cm³/mol. The molecule has 1 N–H and O–H groups in total. The van der Waals surface area contributed by atoms with Crippen LogP contribution in [0.5, 0.6) is 0 Å². The van der Waals surface area contributed by atoms with Gasteiger partial charge in [0, 0.05) is 18.2 Å². The Kier molecular flexibility index (Phi) is 4.35. The minimum Gasteiger partial charge on any atom is -0.370 e. The van der Waals surface area contributed by atoms with Crippen molar-refractivity contribution in [2.24, 2.45) is 5.92 Å². The largest absolute Gasteiger partial charge is 0.370 e. The molecule has 0 amide bonds. The molecule has 1 aliphatic carbocycles. The Balaban J connectivity index is 2.50. The summed E-state index contributed by atoms with van der Waals surface area (Å²) in [4.78, 5) is 8.09. The summed E-state index contributed by atoms with van der Waals surface area (Å²) in [7, 11) is 1.79. The van der Waals surface area contributed by atoms with Crippen molar-refractivity contribution in [3.63, 3.8) is 0 Å². The molecule has 0 aromatic carbocycles. The molecule has 20 heavy (non-hydrogen) atoms. The van der Waals surface area contributed by atoms with Gasteiger partial charge in [0.1, 0.15) is 16.1 Å². The molecule has 1 saturated carbocycles. The van der Waals surface area contributed by atoms with Gasteiger partial charge in [-0.05, 0) is 31.2 Å². The van der Waals surface area contributed by atoms with Crippen molar-refractivity contribution in [1.82, 2.24) is 9.97 Å². The summed E-state index contributed by atoms with van der Waals surface area (Å²) in [5.74, 6) is 1.56. The number of rotatable bonds is 2. The lowest BCUT2D eigenvalue weighted by Gasteiger charge is -2.38. The van der Waals surface area contributed by atoms with Crippen LogP contribution in [0.1, 0.15) is 64.9 Å². The van der Waals surface area contributed by atoms with Crippen molar-refractivity contribution in [2.75, 3.05) is 7.11 Å². The highest BCUT2D eigenvalue weighted by molar-refractivity contribution is 7.71. The number of ether oxygens (including phenoxy) is 1. The zero-order chi connectivity index (χ0) is 15.0. The van der Waals surface area contributed by atoms with Crippen molar-refractivity contribution in [2.45, 2.75) is 64.4 Å². The lowest BCUT2D eigenvalue weighted by atomic mass is 9.78. The lowest BCUT2D eigenvalue weighted by molar-refractivity contribution is -0.0649. The van der Waals surface area contributed by atoms with E-state index in [0.29, 0.717) is 10.6 Å². The summed E-state index contributed by atoms with van der Waals surface area (Å²) >= 11 is 5.37. The quantitative estimate of drug-likeness (QED) is 0.817. The Labute approximate surface area is 127 Å². The first-order valence-electron chi connectivity index (χ1n) is 7.44. The summed E-state index contributed by atoms with van der Waals surface area (Å²) in [6.45, 7) is 8.83. The maximum atomic E-state index is 5.92. The highest BCUT2D eigenvalue weighted by Crippen LogP contribution is 2.41. The fourth-order valence-electron chi connectivity index (χ4n) is 3.08. The van der Waals surface area contributed by atoms with Gasteiger partial charge in [-0.1, -0.05) is 46.3 Å². The van der Waals surface area contributed by atoms with Gasteiger partial charge in [-0.25, -0.2) is 4.98 Å². The third-order valence-electron chi connectivity index (χ3n) is 4.33. The second-order valence-corrected chi connectivity index (χ2v) is 7.55. The van der Waals surface area contributed by atoms with Crippen LogP contribution in [0.25, 0.3) is 0 Å². The third kappa shape index (κ3) is 3.12. The van der Waals surface area contributed by atoms with E-state index < -0.39 is 0 Å². The molecule has 2 atom stereocenters. The van der Waals surface area contributed by atoms with Gasteiger partial charge < -0.3 is 9.72 Å². The molecule has 0 radical (unpaired) electrons. The second kappa shape index (κ2) is 5.57. The van der Waals surface area contributed by atoms with E-state index in [0.717, 1.165) is 24.4 Å². The molecule has 4 heteroatoms. The van der Waals surface area contributed by atoms with Crippen molar-refractivity contribution in [3.05, 3.63) is 22.2 Å². The standard InChI is InChI=1S/C16H26N2OS/c1-11-7-6-8-16(10-11,19-5)14-17-12(15(2,3)4)9-13(20)18-14/h9,11H,6-8,10H2,1-5H3,(H,17,18,20). The van der Waals surface area contributed by atoms with Crippen LogP contribution in [-0.2, 0) is 15.8 Å². The van der Waals surface area contributed by atoms with Gasteiger partial charge in [-0.3, -0.25) is 0 Å². The molecular formula is C16H26N2OS. The first-order chi connectivity index (χ1) is 9.27. The van der Waals surface area contributed by atoms with Gasteiger partial charge in [-0.15, -0.1) is 0 Å². The van der Waals surface area contributed by atoms with Crippen molar-refractivity contribution >= 4 is 12.2 Å². The first kappa shape index (κ1) is 15.6. The Hall–Kier alpha value is -0.740. The van der Waals surface area contributed by atoms with Gasteiger partial charge >= 0.3 is 0 Å². The summed E-state index contributed by atoms with van der Waals surface area (Å²) in [6.07, 6.45) is 4.47. The van der Waals surface area contributed by atoms with Crippen LogP contribution in [0.4, 0.5) is 0 Å². The number of aromatic nitrogens is 2. The van der Waals surface area contributed by atoms with Crippen LogP contribution in [0.15, 0.2) is 6.07 Å². The number of hydrogen-bond acceptors (Lipinski definition) is 3. The smallest absolute Gasteiger partial charge is 0.140 e. The molecule has 0 saturated heterocycles. The fourth-order valence-corrected chi connectivity index (χ4v) is 3.29. The van der Waals surface area contributed by atoms with Crippen LogP contribution in [-0.4, -0.2) is 17.1 Å². The molecule has 0 aliphatic heterocycles. The molecule has 3 nitrogen and oxygen atoms in total. The van der Waals surface area contributed by atoms with E-state index in [-0.39, 0.29) is 11.0 Å². The molecule has 0 bridgehead atoms. The lowest BCUT2D eigenvalue weighted by Crippen LogP contribution is -2.36. The van der Waals surface area contributed by atoms with Crippen LogP contribution in [0.3, 0.4) is 0 Å². The third-order valence-corrected chi connectivity index (χ3v) is 4.54. The average molecular weight is 294 g/mol. The highest BCUT2D eigenvalue weighted by Gasteiger charge is 2.39. The Morgan fingerprint density at radius 1 is 1.45 bits per heavy atom. The first-order valence-corrected chi connectivity index (χ1v) is 7.85. The van der Waals surface area contributed by atoms with Crippen LogP contribution < -0.4 is 0 Å². The zero-order valence-electron chi connectivity index (χ0n) is 13.2. The maximum Gasteiger partial charge on any atom is 0.140 e. The molecule has 1 aliphatic rings. The van der Waals surface area contributed by atoms with Crippen LogP contribution >= 0.6 is 12.2 Å². The number of H-pyrrole nitrogens is 1. The van der Waals surface area contributed by atoms with E-state index in [1.54, 1.807) is 7.11 Å². The number of methoxy groups -OCH3 is 1. The van der Waals surface area contributed by atoms with Crippen molar-refractivity contribution in [1.29, 1.82) is 0 Å². The minimum absolute atomic E-state index is 0.0282. The van der Waals surface area contributed by atoms with Crippen LogP contribution in [0, 0.1) is 10.6 Å². The Morgan fingerprint density at radius 2 is 2.15 bits per heavy atom. The van der Waals surface area contributed by atoms with Gasteiger partial charge in [0.25, 0.3) is 0 Å². The van der Waals surface area contributed by atoms with E-state index >= 15 is 0 Å². The van der Waals surface area contributed by atoms with Crippen molar-refractivity contribution < 1.29 is 4.74 Å². The van der Waals surface area contributed by atoms with Gasteiger partial charge in [0.05, 0.1) is 0 Å². The zero-order valence-corrected chi connectivity index (χ0v) is 14.1. The molecule has 1 aromatic heterocycles. The van der Waals surface area contributed by atoms with E-state index in [4.69, 9.17) is 17.0 Å². The topological polar surface area (TPSA) is 37.9 Å². The van der Waals surface area contributed by atoms with E-state index in [2.05, 4.69) is 37.7 Å². The van der Waals surface area contributed by atoms with Crippen molar-refractivity contribution in [3.8, 4) is 0 Å². The summed E-state index contributed by atoms with van der Waals surface area (Å²) in [5, 5.41) is 0.